The molecule has 0 amide bonds. The lowest BCUT2D eigenvalue weighted by Crippen LogP contribution is -1.78. The minimum Gasteiger partial charge on any atom is -0.226 e. The Morgan fingerprint density at radius 1 is 1.43 bits per heavy atom. The van der Waals surface area contributed by atoms with Crippen molar-refractivity contribution in [3.63, 3.8) is 0 Å². The van der Waals surface area contributed by atoms with Crippen LogP contribution in [0.4, 0.5) is 5.13 Å². The summed E-state index contributed by atoms with van der Waals surface area (Å²) in [5.74, 6) is 0. The number of aliphatic imine (C=N–C) groups is 1. The molecule has 0 radical (unpaired) electrons. The number of aromatic nitrogens is 2. The molecule has 0 bridgehead atoms. The summed E-state index contributed by atoms with van der Waals surface area (Å²) in [5.41, 5.74) is 2.60. The molecule has 0 saturated heterocycles. The van der Waals surface area contributed by atoms with E-state index < -0.39 is 0 Å². The predicted octanol–water partition coefficient (Wildman–Crippen LogP) is 2.94. The van der Waals surface area contributed by atoms with Gasteiger partial charge in [-0.15, -0.1) is 10.2 Å². The fourth-order valence-electron chi connectivity index (χ4n) is 0.940. The average Bonchev–Trinajstić information content (AvgIpc) is 2.67. The van der Waals surface area contributed by atoms with Gasteiger partial charge in [-0.1, -0.05) is 35.1 Å². The zero-order valence-corrected chi connectivity index (χ0v) is 8.66. The van der Waals surface area contributed by atoms with E-state index in [1.807, 2.05) is 24.3 Å². The Labute approximate surface area is 90.1 Å². The molecule has 14 heavy (non-hydrogen) atoms. The summed E-state index contributed by atoms with van der Waals surface area (Å²) in [4.78, 5) is 4.14. The van der Waals surface area contributed by atoms with Crippen molar-refractivity contribution in [1.29, 1.82) is 0 Å². The highest BCUT2D eigenvalue weighted by atomic mass is 35.5. The van der Waals surface area contributed by atoms with Gasteiger partial charge in [0.1, 0.15) is 5.51 Å². The van der Waals surface area contributed by atoms with E-state index in [1.165, 1.54) is 11.3 Å². The predicted molar refractivity (Wildman–Crippen MR) is 58.6 cm³/mol. The summed E-state index contributed by atoms with van der Waals surface area (Å²) in [7, 11) is 0. The first-order valence-corrected chi connectivity index (χ1v) is 5.16. The Hall–Kier alpha value is -1.26. The number of rotatable bonds is 2. The van der Waals surface area contributed by atoms with Gasteiger partial charge in [0.15, 0.2) is 0 Å². The Kier molecular flexibility index (Phi) is 2.86. The van der Waals surface area contributed by atoms with Gasteiger partial charge in [0, 0.05) is 11.2 Å². The molecule has 0 aliphatic carbocycles. The van der Waals surface area contributed by atoms with E-state index in [4.69, 9.17) is 11.6 Å². The Bertz CT molecular complexity index is 439. The summed E-state index contributed by atoms with van der Waals surface area (Å²) >= 11 is 7.21. The topological polar surface area (TPSA) is 38.1 Å². The van der Waals surface area contributed by atoms with Gasteiger partial charge in [0.2, 0.25) is 5.13 Å². The third kappa shape index (κ3) is 2.37. The van der Waals surface area contributed by atoms with Gasteiger partial charge in [-0.05, 0) is 17.7 Å². The van der Waals surface area contributed by atoms with E-state index in [9.17, 15) is 0 Å². The Morgan fingerprint density at radius 3 is 3.07 bits per heavy atom. The normalized spacial score (nSPS) is 10.9. The minimum absolute atomic E-state index is 0.643. The van der Waals surface area contributed by atoms with Gasteiger partial charge in [0.25, 0.3) is 0 Å². The van der Waals surface area contributed by atoms with E-state index in [2.05, 4.69) is 15.2 Å². The van der Waals surface area contributed by atoms with E-state index in [-0.39, 0.29) is 0 Å². The van der Waals surface area contributed by atoms with Gasteiger partial charge in [-0.25, -0.2) is 4.99 Å². The van der Waals surface area contributed by atoms with Crippen LogP contribution < -0.4 is 0 Å². The summed E-state index contributed by atoms with van der Waals surface area (Å²) in [6.45, 7) is 0. The van der Waals surface area contributed by atoms with Crippen LogP contribution in [0.2, 0.25) is 5.02 Å². The standard InChI is InChI=1S/C9H6ClN3S/c10-8-3-1-2-7(4-8)5-11-9-13-12-6-14-9/h1-6H/b11-5+. The lowest BCUT2D eigenvalue weighted by atomic mass is 10.2. The molecule has 70 valence electrons. The first-order valence-electron chi connectivity index (χ1n) is 3.90. The second kappa shape index (κ2) is 4.30. The summed E-state index contributed by atoms with van der Waals surface area (Å²) in [6.07, 6.45) is 1.71. The number of hydrogen-bond donors (Lipinski definition) is 0. The molecule has 2 rings (SSSR count). The third-order valence-corrected chi connectivity index (χ3v) is 2.35. The maximum Gasteiger partial charge on any atom is 0.231 e. The molecule has 0 spiro atoms. The van der Waals surface area contributed by atoms with E-state index in [0.29, 0.717) is 10.2 Å². The molecule has 3 nitrogen and oxygen atoms in total. The summed E-state index contributed by atoms with van der Waals surface area (Å²) < 4.78 is 0. The lowest BCUT2D eigenvalue weighted by Gasteiger charge is -1.91. The van der Waals surface area contributed by atoms with Crippen LogP contribution >= 0.6 is 22.9 Å². The van der Waals surface area contributed by atoms with Crippen LogP contribution in [-0.4, -0.2) is 16.4 Å². The van der Waals surface area contributed by atoms with Crippen molar-refractivity contribution in [2.24, 2.45) is 4.99 Å². The highest BCUT2D eigenvalue weighted by Crippen LogP contribution is 2.13. The smallest absolute Gasteiger partial charge is 0.226 e. The van der Waals surface area contributed by atoms with Crippen molar-refractivity contribution in [2.75, 3.05) is 0 Å². The highest BCUT2D eigenvalue weighted by Gasteiger charge is 1.92. The molecule has 0 aliphatic heterocycles. The number of benzene rings is 1. The van der Waals surface area contributed by atoms with Crippen LogP contribution in [0.3, 0.4) is 0 Å². The third-order valence-electron chi connectivity index (χ3n) is 1.52. The van der Waals surface area contributed by atoms with Crippen LogP contribution in [-0.2, 0) is 0 Å². The van der Waals surface area contributed by atoms with Gasteiger partial charge < -0.3 is 0 Å². The van der Waals surface area contributed by atoms with Crippen molar-refractivity contribution in [2.45, 2.75) is 0 Å². The van der Waals surface area contributed by atoms with Gasteiger partial charge in [-0.3, -0.25) is 0 Å². The van der Waals surface area contributed by atoms with Crippen LogP contribution in [0, 0.1) is 0 Å². The molecular formula is C9H6ClN3S. The molecular weight excluding hydrogens is 218 g/mol. The van der Waals surface area contributed by atoms with Gasteiger partial charge in [0.05, 0.1) is 0 Å². The molecule has 1 aromatic carbocycles. The fraction of sp³-hybridized carbons (Fsp3) is 0. The molecule has 5 heteroatoms. The van der Waals surface area contributed by atoms with Crippen LogP contribution in [0.15, 0.2) is 34.8 Å². The molecule has 1 heterocycles. The first kappa shape index (κ1) is 9.30. The second-order valence-corrected chi connectivity index (χ2v) is 3.78. The number of nitrogens with zero attached hydrogens (tertiary/aromatic N) is 3. The molecule has 0 atom stereocenters. The van der Waals surface area contributed by atoms with Crippen LogP contribution in [0.25, 0.3) is 0 Å². The molecule has 0 N–H and O–H groups in total. The molecule has 2 aromatic rings. The van der Waals surface area contributed by atoms with Crippen molar-refractivity contribution in [1.82, 2.24) is 10.2 Å². The quantitative estimate of drug-likeness (QED) is 0.735. The van der Waals surface area contributed by atoms with E-state index in [0.717, 1.165) is 5.56 Å². The van der Waals surface area contributed by atoms with Crippen molar-refractivity contribution in [3.05, 3.63) is 40.4 Å². The maximum atomic E-state index is 5.82. The van der Waals surface area contributed by atoms with E-state index >= 15 is 0 Å². The van der Waals surface area contributed by atoms with Crippen LogP contribution in [0.1, 0.15) is 5.56 Å². The lowest BCUT2D eigenvalue weighted by molar-refractivity contribution is 1.08. The van der Waals surface area contributed by atoms with Crippen molar-refractivity contribution in [3.8, 4) is 0 Å². The molecule has 0 saturated carbocycles. The summed E-state index contributed by atoms with van der Waals surface area (Å²) in [5, 5.41) is 8.82. The maximum absolute atomic E-state index is 5.82. The Morgan fingerprint density at radius 2 is 2.36 bits per heavy atom. The fourth-order valence-corrected chi connectivity index (χ4v) is 1.54. The highest BCUT2D eigenvalue weighted by molar-refractivity contribution is 7.13. The number of halogens is 1. The zero-order chi connectivity index (χ0) is 9.80. The first-order chi connectivity index (χ1) is 6.84. The SMILES string of the molecule is Clc1cccc(/C=N/c2nncs2)c1. The zero-order valence-electron chi connectivity index (χ0n) is 7.09. The minimum atomic E-state index is 0.643. The molecule has 0 aliphatic rings. The Balaban J connectivity index is 2.18. The molecule has 0 fully saturated rings. The van der Waals surface area contributed by atoms with E-state index in [1.54, 1.807) is 11.7 Å². The molecule has 1 aromatic heterocycles. The van der Waals surface area contributed by atoms with Crippen LogP contribution in [0.5, 0.6) is 0 Å². The van der Waals surface area contributed by atoms with Crippen molar-refractivity contribution >= 4 is 34.3 Å². The number of hydrogen-bond acceptors (Lipinski definition) is 4. The van der Waals surface area contributed by atoms with Crippen molar-refractivity contribution < 1.29 is 0 Å². The largest absolute Gasteiger partial charge is 0.231 e. The monoisotopic (exact) mass is 223 g/mol. The average molecular weight is 224 g/mol. The van der Waals surface area contributed by atoms with Gasteiger partial charge in [-0.2, -0.15) is 0 Å². The second-order valence-electron chi connectivity index (χ2n) is 2.53. The molecule has 0 unspecified atom stereocenters. The van der Waals surface area contributed by atoms with Gasteiger partial charge >= 0.3 is 0 Å². The summed E-state index contributed by atoms with van der Waals surface area (Å²) in [6, 6.07) is 7.47.